The van der Waals surface area contributed by atoms with Gasteiger partial charge in [0.2, 0.25) is 0 Å². The van der Waals surface area contributed by atoms with Crippen LogP contribution in [0.1, 0.15) is 29.3 Å². The molecule has 0 radical (unpaired) electrons. The molecule has 1 unspecified atom stereocenters. The number of alkyl halides is 4. The number of benzene rings is 2. The van der Waals surface area contributed by atoms with Crippen molar-refractivity contribution in [2.75, 3.05) is 46.6 Å². The third-order valence-electron chi connectivity index (χ3n) is 6.14. The van der Waals surface area contributed by atoms with Gasteiger partial charge in [-0.1, -0.05) is 18.2 Å². The van der Waals surface area contributed by atoms with Crippen molar-refractivity contribution >= 4 is 10.9 Å². The molecule has 0 saturated carbocycles. The van der Waals surface area contributed by atoms with Gasteiger partial charge in [-0.3, -0.25) is 9.29 Å². The smallest absolute Gasteiger partial charge is 0.401 e. The van der Waals surface area contributed by atoms with E-state index in [1.54, 1.807) is 0 Å². The van der Waals surface area contributed by atoms with Gasteiger partial charge < -0.3 is 19.8 Å². The Hall–Kier alpha value is -2.85. The molecular weight excluding hydrogens is 469 g/mol. The van der Waals surface area contributed by atoms with E-state index >= 15 is 4.39 Å². The third kappa shape index (κ3) is 5.54. The zero-order chi connectivity index (χ0) is 25.0. The van der Waals surface area contributed by atoms with Crippen molar-refractivity contribution in [3.8, 4) is 11.5 Å². The van der Waals surface area contributed by atoms with E-state index in [0.29, 0.717) is 31.6 Å². The van der Waals surface area contributed by atoms with E-state index in [1.807, 2.05) is 24.3 Å². The van der Waals surface area contributed by atoms with E-state index in [0.717, 1.165) is 16.5 Å². The molecule has 35 heavy (non-hydrogen) atoms. The Kier molecular flexibility index (Phi) is 7.81. The van der Waals surface area contributed by atoms with Crippen molar-refractivity contribution in [3.63, 3.8) is 0 Å². The molecule has 2 N–H and O–H groups in total. The van der Waals surface area contributed by atoms with Crippen molar-refractivity contribution in [2.24, 2.45) is 0 Å². The fourth-order valence-corrected chi connectivity index (χ4v) is 4.67. The van der Waals surface area contributed by atoms with Crippen LogP contribution in [0, 0.1) is 5.82 Å². The topological polar surface area (TPSA) is 49.5 Å². The number of ether oxygens (including phenoxy) is 2. The Morgan fingerprint density at radius 1 is 1.11 bits per heavy atom. The van der Waals surface area contributed by atoms with Crippen molar-refractivity contribution < 1.29 is 31.4 Å². The first kappa shape index (κ1) is 25.2. The molecule has 1 aliphatic heterocycles. The van der Waals surface area contributed by atoms with Gasteiger partial charge in [-0.25, -0.2) is 4.39 Å². The number of aromatic nitrogens is 1. The Morgan fingerprint density at radius 2 is 1.89 bits per heavy atom. The molecule has 0 saturated heterocycles. The number of nitrogens with one attached hydrogen (secondary N) is 2. The van der Waals surface area contributed by atoms with Crippen LogP contribution in [0.5, 0.6) is 11.5 Å². The molecule has 1 atom stereocenters. The van der Waals surface area contributed by atoms with Gasteiger partial charge in [0.15, 0.2) is 11.6 Å². The van der Waals surface area contributed by atoms with Crippen molar-refractivity contribution in [3.05, 3.63) is 59.0 Å². The lowest BCUT2D eigenvalue weighted by Gasteiger charge is -2.37. The van der Waals surface area contributed by atoms with E-state index in [-0.39, 0.29) is 30.2 Å². The van der Waals surface area contributed by atoms with Gasteiger partial charge in [-0.2, -0.15) is 13.2 Å². The monoisotopic (exact) mass is 497 g/mol. The lowest BCUT2D eigenvalue weighted by Crippen LogP contribution is -2.42. The fraction of sp³-hybridized carbons (Fsp3) is 0.440. The molecule has 2 aromatic carbocycles. The van der Waals surface area contributed by atoms with Gasteiger partial charge in [0.1, 0.15) is 12.4 Å². The molecule has 5 nitrogen and oxygen atoms in total. The molecule has 1 aromatic heterocycles. The van der Waals surface area contributed by atoms with Crippen LogP contribution in [0.15, 0.2) is 36.4 Å². The quantitative estimate of drug-likeness (QED) is 0.300. The first-order valence-corrected chi connectivity index (χ1v) is 11.5. The maximum Gasteiger partial charge on any atom is 0.401 e. The number of fused-ring (bicyclic) bond motifs is 3. The van der Waals surface area contributed by atoms with Crippen molar-refractivity contribution in [1.82, 2.24) is 15.2 Å². The molecule has 0 amide bonds. The minimum absolute atomic E-state index is 0.00727. The van der Waals surface area contributed by atoms with Gasteiger partial charge in [-0.05, 0) is 43.1 Å². The highest BCUT2D eigenvalue weighted by Crippen LogP contribution is 2.45. The van der Waals surface area contributed by atoms with Crippen LogP contribution in [0.4, 0.5) is 22.0 Å². The summed E-state index contributed by atoms with van der Waals surface area (Å²) in [6.45, 7) is -0.576. The van der Waals surface area contributed by atoms with Gasteiger partial charge in [-0.15, -0.1) is 0 Å². The van der Waals surface area contributed by atoms with Crippen molar-refractivity contribution in [2.45, 2.75) is 25.1 Å². The number of H-pyrrole nitrogens is 1. The van der Waals surface area contributed by atoms with E-state index in [9.17, 15) is 17.6 Å². The van der Waals surface area contributed by atoms with E-state index in [4.69, 9.17) is 9.47 Å². The molecule has 190 valence electrons. The zero-order valence-electron chi connectivity index (χ0n) is 19.4. The average molecular weight is 498 g/mol. The third-order valence-corrected chi connectivity index (χ3v) is 6.14. The number of hydrogen-bond acceptors (Lipinski definition) is 4. The summed E-state index contributed by atoms with van der Waals surface area (Å²) in [5.41, 5.74) is 2.16. The van der Waals surface area contributed by atoms with Crippen LogP contribution >= 0.6 is 0 Å². The highest BCUT2D eigenvalue weighted by molar-refractivity contribution is 5.85. The zero-order valence-corrected chi connectivity index (χ0v) is 19.4. The summed E-state index contributed by atoms with van der Waals surface area (Å²) in [6, 6.07) is 9.32. The Balaban J connectivity index is 1.74. The maximum absolute atomic E-state index is 15.9. The van der Waals surface area contributed by atoms with E-state index in [2.05, 4.69) is 10.3 Å². The summed E-state index contributed by atoms with van der Waals surface area (Å²) in [6.07, 6.45) is -3.70. The average Bonchev–Trinajstić information content (AvgIpc) is 3.20. The van der Waals surface area contributed by atoms with Gasteiger partial charge >= 0.3 is 6.18 Å². The lowest BCUT2D eigenvalue weighted by atomic mass is 9.91. The van der Waals surface area contributed by atoms with Crippen molar-refractivity contribution in [1.29, 1.82) is 0 Å². The van der Waals surface area contributed by atoms with Gasteiger partial charge in [0, 0.05) is 29.7 Å². The van der Waals surface area contributed by atoms with Crippen LogP contribution in [-0.4, -0.2) is 62.6 Å². The predicted molar refractivity (Wildman–Crippen MR) is 123 cm³/mol. The highest BCUT2D eigenvalue weighted by Gasteiger charge is 2.41. The maximum atomic E-state index is 15.9. The summed E-state index contributed by atoms with van der Waals surface area (Å²) in [5.74, 6) is -0.709. The molecule has 0 aliphatic carbocycles. The fourth-order valence-electron chi connectivity index (χ4n) is 4.67. The molecule has 3 aromatic rings. The Morgan fingerprint density at radius 3 is 2.63 bits per heavy atom. The largest absolute Gasteiger partial charge is 0.496 e. The summed E-state index contributed by atoms with van der Waals surface area (Å²) in [7, 11) is 1.36. The number of nitrogens with zero attached hydrogens (tertiary/aromatic N) is 1. The number of methoxy groups -OCH3 is 1. The van der Waals surface area contributed by atoms with Gasteiger partial charge in [0.25, 0.3) is 0 Å². The summed E-state index contributed by atoms with van der Waals surface area (Å²) < 4.78 is 79.7. The number of aromatic amines is 1. The second-order valence-electron chi connectivity index (χ2n) is 8.44. The number of rotatable bonds is 10. The summed E-state index contributed by atoms with van der Waals surface area (Å²) in [5, 5.41) is 3.89. The van der Waals surface area contributed by atoms with Crippen LogP contribution < -0.4 is 14.8 Å². The molecule has 2 heterocycles. The standard InChI is InChI=1S/C25H28F5N3O2/c1-34-19-7-8-20(35-14-12-31-11-4-10-26)22(27)21(19)24-23-17(9-13-33(24)15-25(28,29)30)16-5-2-3-6-18(16)32-23/h2-3,5-8,24,31-32H,4,9-15H2,1H3. The summed E-state index contributed by atoms with van der Waals surface area (Å²) >= 11 is 0. The van der Waals surface area contributed by atoms with E-state index in [1.165, 1.54) is 24.1 Å². The van der Waals surface area contributed by atoms with Crippen LogP contribution in [0.2, 0.25) is 0 Å². The molecule has 0 bridgehead atoms. The molecule has 10 heteroatoms. The number of halogens is 5. The molecule has 1 aliphatic rings. The SMILES string of the molecule is COc1ccc(OCCNCCCF)c(F)c1C1c2[nH]c3ccccc3c2CCN1CC(F)(F)F. The second kappa shape index (κ2) is 10.8. The first-order chi connectivity index (χ1) is 16.8. The minimum Gasteiger partial charge on any atom is -0.496 e. The normalized spacial score (nSPS) is 16.5. The second-order valence-corrected chi connectivity index (χ2v) is 8.44. The molecular formula is C25H28F5N3O2. The number of para-hydroxylation sites is 1. The van der Waals surface area contributed by atoms with Crippen LogP contribution in [0.25, 0.3) is 10.9 Å². The first-order valence-electron chi connectivity index (χ1n) is 11.5. The molecule has 0 spiro atoms. The molecule has 4 rings (SSSR count). The lowest BCUT2D eigenvalue weighted by molar-refractivity contribution is -0.150. The summed E-state index contributed by atoms with van der Waals surface area (Å²) in [4.78, 5) is 4.46. The Labute approximate surface area is 200 Å². The predicted octanol–water partition coefficient (Wildman–Crippen LogP) is 5.15. The number of hydrogen-bond donors (Lipinski definition) is 2. The highest BCUT2D eigenvalue weighted by atomic mass is 19.4. The minimum atomic E-state index is -4.47. The molecule has 0 fully saturated rings. The Bertz CT molecular complexity index is 1150. The van der Waals surface area contributed by atoms with Gasteiger partial charge in [0.05, 0.1) is 31.9 Å². The van der Waals surface area contributed by atoms with Crippen LogP contribution in [0.3, 0.4) is 0 Å². The van der Waals surface area contributed by atoms with Crippen LogP contribution in [-0.2, 0) is 6.42 Å². The van der Waals surface area contributed by atoms with E-state index < -0.39 is 31.3 Å².